The van der Waals surface area contributed by atoms with E-state index in [2.05, 4.69) is 4.98 Å². The molecule has 5 heteroatoms. The molecule has 0 fully saturated rings. The highest BCUT2D eigenvalue weighted by Crippen LogP contribution is 2.10. The standard InChI is InChI=1S/C9H12N2O3/c10-7(3-4-8(12)13)6-2-1-5-11-9(6)14/h1-2,5,7H,3-4,10H2,(H,11,14)(H,12,13). The third-order valence-electron chi connectivity index (χ3n) is 1.92. The zero-order chi connectivity index (χ0) is 10.6. The van der Waals surface area contributed by atoms with Gasteiger partial charge in [-0.05, 0) is 12.5 Å². The van der Waals surface area contributed by atoms with Crippen LogP contribution in [-0.4, -0.2) is 16.1 Å². The summed E-state index contributed by atoms with van der Waals surface area (Å²) in [5, 5.41) is 8.44. The Balaban J connectivity index is 2.70. The highest BCUT2D eigenvalue weighted by atomic mass is 16.4. The monoisotopic (exact) mass is 196 g/mol. The molecule has 0 saturated heterocycles. The number of aliphatic carboxylic acids is 1. The number of hydrogen-bond acceptors (Lipinski definition) is 3. The molecule has 0 saturated carbocycles. The second-order valence-corrected chi connectivity index (χ2v) is 2.99. The maximum absolute atomic E-state index is 11.2. The number of rotatable bonds is 4. The van der Waals surface area contributed by atoms with Crippen molar-refractivity contribution < 1.29 is 9.90 Å². The second kappa shape index (κ2) is 4.57. The molecule has 0 aliphatic rings. The van der Waals surface area contributed by atoms with Crippen molar-refractivity contribution >= 4 is 5.97 Å². The summed E-state index contributed by atoms with van der Waals surface area (Å²) < 4.78 is 0. The highest BCUT2D eigenvalue weighted by Gasteiger charge is 2.10. The number of carboxylic acids is 1. The highest BCUT2D eigenvalue weighted by molar-refractivity contribution is 5.66. The number of carbonyl (C=O) groups is 1. The van der Waals surface area contributed by atoms with E-state index in [9.17, 15) is 9.59 Å². The number of nitrogens with one attached hydrogen (secondary N) is 1. The third kappa shape index (κ3) is 2.70. The van der Waals surface area contributed by atoms with E-state index in [4.69, 9.17) is 10.8 Å². The molecule has 1 unspecified atom stereocenters. The summed E-state index contributed by atoms with van der Waals surface area (Å²) >= 11 is 0. The number of aromatic nitrogens is 1. The Morgan fingerprint density at radius 1 is 1.64 bits per heavy atom. The van der Waals surface area contributed by atoms with E-state index in [0.29, 0.717) is 5.56 Å². The van der Waals surface area contributed by atoms with Crippen LogP contribution < -0.4 is 11.3 Å². The Morgan fingerprint density at radius 3 is 2.93 bits per heavy atom. The largest absolute Gasteiger partial charge is 0.481 e. The predicted octanol–water partition coefficient (Wildman–Crippen LogP) is 0.239. The van der Waals surface area contributed by atoms with Crippen molar-refractivity contribution in [3.8, 4) is 0 Å². The molecular formula is C9H12N2O3. The van der Waals surface area contributed by atoms with Gasteiger partial charge in [0.15, 0.2) is 0 Å². The van der Waals surface area contributed by atoms with E-state index >= 15 is 0 Å². The Bertz CT molecular complexity index is 372. The van der Waals surface area contributed by atoms with Gasteiger partial charge in [-0.3, -0.25) is 9.59 Å². The van der Waals surface area contributed by atoms with Gasteiger partial charge in [0.2, 0.25) is 0 Å². The zero-order valence-electron chi connectivity index (χ0n) is 7.56. The number of pyridine rings is 1. The van der Waals surface area contributed by atoms with Crippen molar-refractivity contribution in [2.75, 3.05) is 0 Å². The smallest absolute Gasteiger partial charge is 0.303 e. The molecule has 1 aromatic heterocycles. The van der Waals surface area contributed by atoms with Gasteiger partial charge in [-0.25, -0.2) is 0 Å². The maximum atomic E-state index is 11.2. The molecule has 4 N–H and O–H groups in total. The van der Waals surface area contributed by atoms with Crippen LogP contribution >= 0.6 is 0 Å². The topological polar surface area (TPSA) is 96.2 Å². The van der Waals surface area contributed by atoms with Gasteiger partial charge in [-0.1, -0.05) is 6.07 Å². The van der Waals surface area contributed by atoms with Crippen molar-refractivity contribution in [3.63, 3.8) is 0 Å². The van der Waals surface area contributed by atoms with Crippen LogP contribution in [0, 0.1) is 0 Å². The molecule has 5 nitrogen and oxygen atoms in total. The number of nitrogens with two attached hydrogens (primary N) is 1. The molecule has 0 radical (unpaired) electrons. The van der Waals surface area contributed by atoms with Gasteiger partial charge in [-0.15, -0.1) is 0 Å². The molecule has 0 bridgehead atoms. The molecule has 1 rings (SSSR count). The molecule has 1 aromatic rings. The van der Waals surface area contributed by atoms with E-state index in [1.807, 2.05) is 0 Å². The molecule has 0 aliphatic heterocycles. The Kier molecular flexibility index (Phi) is 3.41. The van der Waals surface area contributed by atoms with Gasteiger partial charge in [-0.2, -0.15) is 0 Å². The quantitative estimate of drug-likeness (QED) is 0.642. The fourth-order valence-electron chi connectivity index (χ4n) is 1.16. The summed E-state index contributed by atoms with van der Waals surface area (Å²) in [7, 11) is 0. The van der Waals surface area contributed by atoms with Crippen LogP contribution in [0.15, 0.2) is 23.1 Å². The summed E-state index contributed by atoms with van der Waals surface area (Å²) in [6.45, 7) is 0. The first kappa shape index (κ1) is 10.5. The number of hydrogen-bond donors (Lipinski definition) is 3. The summed E-state index contributed by atoms with van der Waals surface area (Å²) in [5.74, 6) is -0.909. The van der Waals surface area contributed by atoms with Gasteiger partial charge in [0.1, 0.15) is 0 Å². The Labute approximate surface area is 80.6 Å². The molecule has 0 aliphatic carbocycles. The average molecular weight is 196 g/mol. The third-order valence-corrected chi connectivity index (χ3v) is 1.92. The summed E-state index contributed by atoms with van der Waals surface area (Å²) in [4.78, 5) is 24.0. The first-order valence-corrected chi connectivity index (χ1v) is 4.26. The molecule has 1 heterocycles. The van der Waals surface area contributed by atoms with Crippen molar-refractivity contribution in [2.45, 2.75) is 18.9 Å². The fourth-order valence-corrected chi connectivity index (χ4v) is 1.16. The van der Waals surface area contributed by atoms with Crippen molar-refractivity contribution in [1.29, 1.82) is 0 Å². The molecule has 76 valence electrons. The van der Waals surface area contributed by atoms with Gasteiger partial charge < -0.3 is 15.8 Å². The number of aromatic amines is 1. The maximum Gasteiger partial charge on any atom is 0.303 e. The number of H-pyrrole nitrogens is 1. The van der Waals surface area contributed by atoms with Crippen LogP contribution in [0.25, 0.3) is 0 Å². The summed E-state index contributed by atoms with van der Waals surface area (Å²) in [6, 6.07) is 2.75. The normalized spacial score (nSPS) is 12.4. The molecule has 0 amide bonds. The average Bonchev–Trinajstić information content (AvgIpc) is 2.15. The first-order valence-electron chi connectivity index (χ1n) is 4.26. The van der Waals surface area contributed by atoms with Crippen LogP contribution in [0.3, 0.4) is 0 Å². The SMILES string of the molecule is NC(CCC(=O)O)c1ccc[nH]c1=O. The van der Waals surface area contributed by atoms with Crippen LogP contribution in [-0.2, 0) is 4.79 Å². The molecule has 1 atom stereocenters. The van der Waals surface area contributed by atoms with Crippen LogP contribution in [0.5, 0.6) is 0 Å². The van der Waals surface area contributed by atoms with Gasteiger partial charge in [0, 0.05) is 24.2 Å². The van der Waals surface area contributed by atoms with E-state index in [0.717, 1.165) is 0 Å². The van der Waals surface area contributed by atoms with Gasteiger partial charge in [0.05, 0.1) is 0 Å². The van der Waals surface area contributed by atoms with E-state index in [1.165, 1.54) is 6.20 Å². The lowest BCUT2D eigenvalue weighted by Crippen LogP contribution is -2.21. The van der Waals surface area contributed by atoms with Crippen LogP contribution in [0.4, 0.5) is 0 Å². The van der Waals surface area contributed by atoms with E-state index < -0.39 is 12.0 Å². The van der Waals surface area contributed by atoms with Crippen molar-refractivity contribution in [1.82, 2.24) is 4.98 Å². The summed E-state index contributed by atoms with van der Waals surface area (Å²) in [6.07, 6.45) is 1.74. The minimum Gasteiger partial charge on any atom is -0.481 e. The molecule has 0 aromatic carbocycles. The van der Waals surface area contributed by atoms with E-state index in [-0.39, 0.29) is 18.4 Å². The van der Waals surface area contributed by atoms with Crippen molar-refractivity contribution in [3.05, 3.63) is 34.2 Å². The van der Waals surface area contributed by atoms with Gasteiger partial charge >= 0.3 is 5.97 Å². The van der Waals surface area contributed by atoms with Crippen molar-refractivity contribution in [2.24, 2.45) is 5.73 Å². The zero-order valence-corrected chi connectivity index (χ0v) is 7.56. The van der Waals surface area contributed by atoms with Gasteiger partial charge in [0.25, 0.3) is 5.56 Å². The Hall–Kier alpha value is -1.62. The molecule has 14 heavy (non-hydrogen) atoms. The molecular weight excluding hydrogens is 184 g/mol. The number of carboxylic acid groups (broad SMARTS) is 1. The Morgan fingerprint density at radius 2 is 2.36 bits per heavy atom. The molecule has 0 spiro atoms. The minimum absolute atomic E-state index is 0.0322. The lowest BCUT2D eigenvalue weighted by Gasteiger charge is -2.08. The lowest BCUT2D eigenvalue weighted by molar-refractivity contribution is -0.137. The predicted molar refractivity (Wildman–Crippen MR) is 50.9 cm³/mol. The summed E-state index contributed by atoms with van der Waals surface area (Å²) in [5.41, 5.74) is 5.83. The minimum atomic E-state index is -0.909. The van der Waals surface area contributed by atoms with E-state index in [1.54, 1.807) is 12.1 Å². The van der Waals surface area contributed by atoms with Crippen LogP contribution in [0.2, 0.25) is 0 Å². The first-order chi connectivity index (χ1) is 6.61. The fraction of sp³-hybridized carbons (Fsp3) is 0.333. The second-order valence-electron chi connectivity index (χ2n) is 2.99. The van der Waals surface area contributed by atoms with Crippen LogP contribution in [0.1, 0.15) is 24.4 Å². The lowest BCUT2D eigenvalue weighted by atomic mass is 10.1.